The van der Waals surface area contributed by atoms with Crippen molar-refractivity contribution >= 4 is 15.9 Å². The van der Waals surface area contributed by atoms with Crippen LogP contribution in [-0.4, -0.2) is 14.5 Å². The molecule has 170 valence electrons. The van der Waals surface area contributed by atoms with Gasteiger partial charge in [0.1, 0.15) is 16.2 Å². The highest BCUT2D eigenvalue weighted by molar-refractivity contribution is 9.10. The summed E-state index contributed by atoms with van der Waals surface area (Å²) in [6, 6.07) is 23.4. The van der Waals surface area contributed by atoms with Crippen molar-refractivity contribution in [2.24, 2.45) is 0 Å². The zero-order valence-corrected chi connectivity index (χ0v) is 20.8. The van der Waals surface area contributed by atoms with Gasteiger partial charge in [-0.15, -0.1) is 0 Å². The van der Waals surface area contributed by atoms with Gasteiger partial charge in [0.2, 0.25) is 0 Å². The lowest BCUT2D eigenvalue weighted by atomic mass is 9.97. The molecule has 5 nitrogen and oxygen atoms in total. The quantitative estimate of drug-likeness (QED) is 0.277. The summed E-state index contributed by atoms with van der Waals surface area (Å²) in [5.41, 5.74) is 5.02. The Morgan fingerprint density at radius 1 is 1.00 bits per heavy atom. The van der Waals surface area contributed by atoms with Gasteiger partial charge in [-0.25, -0.2) is 14.5 Å². The molecule has 0 fully saturated rings. The van der Waals surface area contributed by atoms with Crippen molar-refractivity contribution in [2.75, 3.05) is 0 Å². The largest absolute Gasteiger partial charge is 0.268 e. The van der Waals surface area contributed by atoms with Crippen LogP contribution in [0.2, 0.25) is 0 Å². The molecule has 0 spiro atoms. The first-order chi connectivity index (χ1) is 16.5. The van der Waals surface area contributed by atoms with E-state index in [4.69, 9.17) is 4.98 Å². The van der Waals surface area contributed by atoms with Crippen LogP contribution in [-0.2, 0) is 12.8 Å². The number of halogens is 1. The van der Waals surface area contributed by atoms with Gasteiger partial charge in [-0.3, -0.25) is 4.79 Å². The number of aryl methyl sites for hydroxylation is 2. The number of unbranched alkanes of at least 4 members (excludes halogenated alkanes) is 1. The number of benzene rings is 2. The Labute approximate surface area is 207 Å². The van der Waals surface area contributed by atoms with E-state index in [1.807, 2.05) is 73.7 Å². The van der Waals surface area contributed by atoms with Crippen molar-refractivity contribution in [2.45, 2.75) is 39.5 Å². The van der Waals surface area contributed by atoms with Gasteiger partial charge in [0.05, 0.1) is 17.3 Å². The molecule has 34 heavy (non-hydrogen) atoms. The highest BCUT2D eigenvalue weighted by Gasteiger charge is 2.17. The predicted molar refractivity (Wildman–Crippen MR) is 138 cm³/mol. The Hall–Kier alpha value is -3.56. The zero-order chi connectivity index (χ0) is 24.1. The number of rotatable bonds is 7. The third kappa shape index (κ3) is 5.00. The average Bonchev–Trinajstić information content (AvgIpc) is 2.85. The van der Waals surface area contributed by atoms with Crippen LogP contribution in [0.25, 0.3) is 16.9 Å². The minimum atomic E-state index is -0.0805. The summed E-state index contributed by atoms with van der Waals surface area (Å²) >= 11 is 3.40. The summed E-state index contributed by atoms with van der Waals surface area (Å²) in [5, 5.41) is 9.42. The maximum atomic E-state index is 13.7. The molecule has 0 aliphatic carbocycles. The minimum absolute atomic E-state index is 0.0805. The smallest absolute Gasteiger partial charge is 0.263 e. The molecule has 0 amide bonds. The molecule has 0 aliphatic heterocycles. The van der Waals surface area contributed by atoms with Crippen LogP contribution in [0.3, 0.4) is 0 Å². The fraction of sp³-hybridized carbons (Fsp3) is 0.214. The Morgan fingerprint density at radius 2 is 1.76 bits per heavy atom. The van der Waals surface area contributed by atoms with Gasteiger partial charge in [0.15, 0.2) is 0 Å². The van der Waals surface area contributed by atoms with Gasteiger partial charge in [0, 0.05) is 12.0 Å². The number of hydrogen-bond acceptors (Lipinski definition) is 4. The van der Waals surface area contributed by atoms with Crippen LogP contribution in [0.1, 0.15) is 48.0 Å². The summed E-state index contributed by atoms with van der Waals surface area (Å²) in [4.78, 5) is 23.0. The summed E-state index contributed by atoms with van der Waals surface area (Å²) in [6.07, 6.45) is 3.26. The molecule has 6 heteroatoms. The minimum Gasteiger partial charge on any atom is -0.268 e. The van der Waals surface area contributed by atoms with Crippen molar-refractivity contribution in [1.29, 1.82) is 5.26 Å². The van der Waals surface area contributed by atoms with Gasteiger partial charge in [-0.2, -0.15) is 5.26 Å². The molecule has 2 aromatic carbocycles. The van der Waals surface area contributed by atoms with E-state index in [2.05, 4.69) is 33.9 Å². The number of hydrogen-bond donors (Lipinski definition) is 0. The zero-order valence-electron chi connectivity index (χ0n) is 19.3. The van der Waals surface area contributed by atoms with Crippen LogP contribution >= 0.6 is 15.9 Å². The molecular weight excluding hydrogens is 488 g/mol. The Morgan fingerprint density at radius 3 is 2.47 bits per heavy atom. The highest BCUT2D eigenvalue weighted by atomic mass is 79.9. The maximum Gasteiger partial charge on any atom is 0.263 e. The second kappa shape index (κ2) is 10.6. The lowest BCUT2D eigenvalue weighted by Gasteiger charge is -2.15. The molecule has 4 rings (SSSR count). The van der Waals surface area contributed by atoms with E-state index in [9.17, 15) is 10.1 Å². The summed E-state index contributed by atoms with van der Waals surface area (Å²) in [5.74, 6) is 1.19. The normalized spacial score (nSPS) is 10.8. The summed E-state index contributed by atoms with van der Waals surface area (Å²) in [6.45, 7) is 3.99. The molecule has 0 radical (unpaired) electrons. The molecule has 0 N–H and O–H groups in total. The Bertz CT molecular complexity index is 1420. The van der Waals surface area contributed by atoms with Crippen molar-refractivity contribution in [3.8, 4) is 23.0 Å². The predicted octanol–water partition coefficient (Wildman–Crippen LogP) is 6.17. The summed E-state index contributed by atoms with van der Waals surface area (Å²) in [7, 11) is 0. The van der Waals surface area contributed by atoms with Gasteiger partial charge in [-0.05, 0) is 70.6 Å². The number of nitriles is 1. The number of pyridine rings is 1. The Kier molecular flexibility index (Phi) is 7.34. The molecule has 4 aromatic rings. The van der Waals surface area contributed by atoms with Gasteiger partial charge in [-0.1, -0.05) is 61.9 Å². The third-order valence-corrected chi connectivity index (χ3v) is 6.26. The highest BCUT2D eigenvalue weighted by Crippen LogP contribution is 2.24. The SMILES string of the molecule is CCCCc1nc(C)n(-c2cccc(Br)n2)c(=O)c1Cc1ccc(-c2ccccc2C#N)cc1. The van der Waals surface area contributed by atoms with E-state index in [0.29, 0.717) is 33.8 Å². The van der Waals surface area contributed by atoms with Crippen molar-refractivity contribution in [3.63, 3.8) is 0 Å². The van der Waals surface area contributed by atoms with E-state index in [-0.39, 0.29) is 5.56 Å². The molecule has 2 aromatic heterocycles. The maximum absolute atomic E-state index is 13.7. The second-order valence-corrected chi connectivity index (χ2v) is 8.99. The average molecular weight is 513 g/mol. The topological polar surface area (TPSA) is 71.6 Å². The second-order valence-electron chi connectivity index (χ2n) is 8.18. The molecule has 0 unspecified atom stereocenters. The lowest BCUT2D eigenvalue weighted by Crippen LogP contribution is -2.29. The molecule has 0 atom stereocenters. The fourth-order valence-corrected chi connectivity index (χ4v) is 4.41. The van der Waals surface area contributed by atoms with Gasteiger partial charge >= 0.3 is 0 Å². The monoisotopic (exact) mass is 512 g/mol. The van der Waals surface area contributed by atoms with Crippen LogP contribution in [0.4, 0.5) is 0 Å². The standard InChI is InChI=1S/C28H25BrN4O/c1-3-4-10-25-24(28(34)33(19(2)31-25)27-12-7-11-26(29)32-27)17-20-13-15-21(16-14-20)23-9-6-5-8-22(23)18-30/h5-9,11-16H,3-4,10,17H2,1-2H3. The van der Waals surface area contributed by atoms with Crippen LogP contribution in [0.15, 0.2) is 76.1 Å². The van der Waals surface area contributed by atoms with E-state index in [1.165, 1.54) is 0 Å². The first-order valence-corrected chi connectivity index (χ1v) is 12.1. The van der Waals surface area contributed by atoms with Gasteiger partial charge < -0.3 is 0 Å². The molecular formula is C28H25BrN4O. The summed E-state index contributed by atoms with van der Waals surface area (Å²) < 4.78 is 2.26. The third-order valence-electron chi connectivity index (χ3n) is 5.82. The first kappa shape index (κ1) is 23.6. The van der Waals surface area contributed by atoms with E-state index in [0.717, 1.165) is 41.6 Å². The van der Waals surface area contributed by atoms with Crippen LogP contribution in [0, 0.1) is 18.3 Å². The lowest BCUT2D eigenvalue weighted by molar-refractivity contribution is 0.728. The Balaban J connectivity index is 1.75. The molecule has 0 saturated carbocycles. The van der Waals surface area contributed by atoms with Crippen molar-refractivity contribution < 1.29 is 0 Å². The number of aromatic nitrogens is 3. The van der Waals surface area contributed by atoms with E-state index in [1.54, 1.807) is 4.57 Å². The molecule has 0 saturated heterocycles. The van der Waals surface area contributed by atoms with Gasteiger partial charge in [0.25, 0.3) is 5.56 Å². The van der Waals surface area contributed by atoms with Crippen molar-refractivity contribution in [1.82, 2.24) is 14.5 Å². The number of nitrogens with zero attached hydrogens (tertiary/aromatic N) is 4. The van der Waals surface area contributed by atoms with Crippen LogP contribution in [0.5, 0.6) is 0 Å². The fourth-order valence-electron chi connectivity index (χ4n) is 4.08. The van der Waals surface area contributed by atoms with E-state index < -0.39 is 0 Å². The van der Waals surface area contributed by atoms with E-state index >= 15 is 0 Å². The molecule has 0 bridgehead atoms. The van der Waals surface area contributed by atoms with Crippen molar-refractivity contribution in [3.05, 3.63) is 110 Å². The first-order valence-electron chi connectivity index (χ1n) is 11.3. The van der Waals surface area contributed by atoms with Crippen LogP contribution < -0.4 is 5.56 Å². The molecule has 0 aliphatic rings. The molecule has 2 heterocycles.